The molecule has 0 aromatic carbocycles. The third-order valence-electron chi connectivity index (χ3n) is 3.30. The van der Waals surface area contributed by atoms with Crippen LogP contribution >= 0.6 is 15.9 Å². The Hall–Kier alpha value is -1.21. The average Bonchev–Trinajstić information content (AvgIpc) is 2.42. The summed E-state index contributed by atoms with van der Waals surface area (Å²) in [6.45, 7) is 6.60. The summed E-state index contributed by atoms with van der Waals surface area (Å²) < 4.78 is 2.20. The van der Waals surface area contributed by atoms with E-state index >= 15 is 0 Å². The van der Waals surface area contributed by atoms with E-state index in [9.17, 15) is 9.59 Å². The van der Waals surface area contributed by atoms with Crippen molar-refractivity contribution in [2.75, 3.05) is 26.2 Å². The van der Waals surface area contributed by atoms with Gasteiger partial charge in [-0.3, -0.25) is 9.36 Å². The molecule has 1 aliphatic heterocycles. The molecule has 0 bridgehead atoms. The smallest absolute Gasteiger partial charge is 0.339 e. The topological polar surface area (TPSA) is 67.2 Å². The molecule has 7 heteroatoms. The third-order valence-corrected chi connectivity index (χ3v) is 4.45. The van der Waals surface area contributed by atoms with Crippen LogP contribution in [0.1, 0.15) is 11.4 Å². The third kappa shape index (κ3) is 3.03. The first kappa shape index (κ1) is 14.2. The second-order valence-corrected chi connectivity index (χ2v) is 5.39. The predicted molar refractivity (Wildman–Crippen MR) is 75.1 cm³/mol. The molecule has 1 aromatic heterocycles. The molecule has 2 heterocycles. The van der Waals surface area contributed by atoms with Crippen LogP contribution in [0.15, 0.2) is 9.27 Å². The van der Waals surface area contributed by atoms with Crippen molar-refractivity contribution in [2.45, 2.75) is 20.4 Å². The van der Waals surface area contributed by atoms with Crippen LogP contribution < -0.4 is 11.0 Å². The van der Waals surface area contributed by atoms with Crippen molar-refractivity contribution in [3.63, 3.8) is 0 Å². The molecule has 1 N–H and O–H groups in total. The number of nitrogens with zero attached hydrogens (tertiary/aromatic N) is 3. The SMILES string of the molecule is Cc1nc(=O)n(CC(=O)N2CCNCC2)c(C)c1Br. The standard InChI is InChI=1S/C12H17BrN4O2/c1-8-11(13)9(2)17(12(19)15-8)7-10(18)16-5-3-14-4-6-16/h14H,3-7H2,1-2H3. The summed E-state index contributed by atoms with van der Waals surface area (Å²) in [5.41, 5.74) is 1.01. The minimum atomic E-state index is -0.373. The van der Waals surface area contributed by atoms with Crippen LogP contribution in [-0.2, 0) is 11.3 Å². The molecule has 1 amide bonds. The lowest BCUT2D eigenvalue weighted by Crippen LogP contribution is -2.48. The fourth-order valence-corrected chi connectivity index (χ4v) is 2.42. The van der Waals surface area contributed by atoms with E-state index in [1.165, 1.54) is 4.57 Å². The normalized spacial score (nSPS) is 15.6. The van der Waals surface area contributed by atoms with Gasteiger partial charge in [-0.05, 0) is 29.8 Å². The first-order valence-electron chi connectivity index (χ1n) is 6.22. The second-order valence-electron chi connectivity index (χ2n) is 4.60. The maximum atomic E-state index is 12.2. The number of piperazine rings is 1. The molecule has 0 unspecified atom stereocenters. The predicted octanol–water partition coefficient (Wildman–Crippen LogP) is 0.0544. The van der Waals surface area contributed by atoms with Crippen LogP contribution in [0.3, 0.4) is 0 Å². The molecular weight excluding hydrogens is 312 g/mol. The van der Waals surface area contributed by atoms with Gasteiger partial charge in [-0.2, -0.15) is 4.98 Å². The Morgan fingerprint density at radius 3 is 2.63 bits per heavy atom. The number of carbonyl (C=O) groups is 1. The molecule has 1 saturated heterocycles. The van der Waals surface area contributed by atoms with Gasteiger partial charge in [-0.25, -0.2) is 4.79 Å². The van der Waals surface area contributed by atoms with Crippen LogP contribution in [-0.4, -0.2) is 46.5 Å². The number of hydrogen-bond donors (Lipinski definition) is 1. The van der Waals surface area contributed by atoms with E-state index in [4.69, 9.17) is 0 Å². The Morgan fingerprint density at radius 1 is 1.37 bits per heavy atom. The van der Waals surface area contributed by atoms with Gasteiger partial charge in [0.1, 0.15) is 6.54 Å². The summed E-state index contributed by atoms with van der Waals surface area (Å²) in [5.74, 6) is -0.0377. The monoisotopic (exact) mass is 328 g/mol. The number of rotatable bonds is 2. The zero-order chi connectivity index (χ0) is 14.0. The molecule has 1 fully saturated rings. The molecular formula is C12H17BrN4O2. The summed E-state index contributed by atoms with van der Waals surface area (Å²) in [4.78, 5) is 29.7. The Bertz CT molecular complexity index is 549. The van der Waals surface area contributed by atoms with E-state index in [0.29, 0.717) is 18.8 Å². The van der Waals surface area contributed by atoms with Gasteiger partial charge < -0.3 is 10.2 Å². The average molecular weight is 329 g/mol. The molecule has 19 heavy (non-hydrogen) atoms. The summed E-state index contributed by atoms with van der Waals surface area (Å²) in [7, 11) is 0. The minimum Gasteiger partial charge on any atom is -0.339 e. The van der Waals surface area contributed by atoms with Gasteiger partial charge in [0.05, 0.1) is 10.2 Å². The molecule has 0 saturated carbocycles. The van der Waals surface area contributed by atoms with Crippen LogP contribution in [0.25, 0.3) is 0 Å². The van der Waals surface area contributed by atoms with Crippen molar-refractivity contribution in [3.8, 4) is 0 Å². The number of hydrogen-bond acceptors (Lipinski definition) is 4. The van der Waals surface area contributed by atoms with Gasteiger partial charge in [0.15, 0.2) is 0 Å². The summed E-state index contributed by atoms with van der Waals surface area (Å²) >= 11 is 3.39. The molecule has 1 aliphatic rings. The summed E-state index contributed by atoms with van der Waals surface area (Å²) in [5, 5.41) is 3.19. The molecule has 0 radical (unpaired) electrons. The van der Waals surface area contributed by atoms with Crippen molar-refractivity contribution >= 4 is 21.8 Å². The number of halogens is 1. The quantitative estimate of drug-likeness (QED) is 0.833. The van der Waals surface area contributed by atoms with Crippen LogP contribution in [0, 0.1) is 13.8 Å². The maximum Gasteiger partial charge on any atom is 0.348 e. The highest BCUT2D eigenvalue weighted by atomic mass is 79.9. The van der Waals surface area contributed by atoms with Gasteiger partial charge >= 0.3 is 5.69 Å². The Kier molecular flexibility index (Phi) is 4.36. The number of amides is 1. The van der Waals surface area contributed by atoms with Crippen molar-refractivity contribution in [3.05, 3.63) is 26.3 Å². The number of carbonyl (C=O) groups excluding carboxylic acids is 1. The molecule has 2 rings (SSSR count). The summed E-state index contributed by atoms with van der Waals surface area (Å²) in [6.07, 6.45) is 0. The molecule has 0 atom stereocenters. The lowest BCUT2D eigenvalue weighted by molar-refractivity contribution is -0.132. The first-order chi connectivity index (χ1) is 9.00. The number of aryl methyl sites for hydroxylation is 1. The molecule has 0 aliphatic carbocycles. The fraction of sp³-hybridized carbons (Fsp3) is 0.583. The van der Waals surface area contributed by atoms with E-state index in [2.05, 4.69) is 26.2 Å². The largest absolute Gasteiger partial charge is 0.348 e. The van der Waals surface area contributed by atoms with Crippen LogP contribution in [0.4, 0.5) is 0 Å². The van der Waals surface area contributed by atoms with Gasteiger partial charge in [0.2, 0.25) is 5.91 Å². The zero-order valence-electron chi connectivity index (χ0n) is 11.1. The van der Waals surface area contributed by atoms with E-state index in [1.807, 2.05) is 6.92 Å². The van der Waals surface area contributed by atoms with E-state index < -0.39 is 0 Å². The van der Waals surface area contributed by atoms with Crippen LogP contribution in [0.5, 0.6) is 0 Å². The van der Waals surface area contributed by atoms with Gasteiger partial charge in [-0.15, -0.1) is 0 Å². The summed E-state index contributed by atoms with van der Waals surface area (Å²) in [6, 6.07) is 0. The van der Waals surface area contributed by atoms with Crippen molar-refractivity contribution in [1.82, 2.24) is 19.8 Å². The second kappa shape index (κ2) is 5.83. The fourth-order valence-electron chi connectivity index (χ4n) is 2.11. The highest BCUT2D eigenvalue weighted by molar-refractivity contribution is 9.10. The van der Waals surface area contributed by atoms with Gasteiger partial charge in [0.25, 0.3) is 0 Å². The highest BCUT2D eigenvalue weighted by Gasteiger charge is 2.19. The van der Waals surface area contributed by atoms with Crippen LogP contribution in [0.2, 0.25) is 0 Å². The Balaban J connectivity index is 2.21. The van der Waals surface area contributed by atoms with E-state index in [0.717, 1.165) is 23.3 Å². The van der Waals surface area contributed by atoms with E-state index in [1.54, 1.807) is 11.8 Å². The van der Waals surface area contributed by atoms with Crippen molar-refractivity contribution in [1.29, 1.82) is 0 Å². The van der Waals surface area contributed by atoms with E-state index in [-0.39, 0.29) is 18.1 Å². The molecule has 0 spiro atoms. The van der Waals surface area contributed by atoms with Gasteiger partial charge in [0, 0.05) is 31.9 Å². The minimum absolute atomic E-state index is 0.0377. The zero-order valence-corrected chi connectivity index (χ0v) is 12.7. The Labute approximate surface area is 119 Å². The maximum absolute atomic E-state index is 12.2. The molecule has 104 valence electrons. The van der Waals surface area contributed by atoms with Gasteiger partial charge in [-0.1, -0.05) is 0 Å². The number of nitrogens with one attached hydrogen (secondary N) is 1. The first-order valence-corrected chi connectivity index (χ1v) is 7.02. The molecule has 6 nitrogen and oxygen atoms in total. The number of aromatic nitrogens is 2. The Morgan fingerprint density at radius 2 is 2.00 bits per heavy atom. The van der Waals surface area contributed by atoms with Crippen molar-refractivity contribution in [2.24, 2.45) is 0 Å². The molecule has 1 aromatic rings. The lowest BCUT2D eigenvalue weighted by atomic mass is 10.3. The highest BCUT2D eigenvalue weighted by Crippen LogP contribution is 2.16. The lowest BCUT2D eigenvalue weighted by Gasteiger charge is -2.28. The van der Waals surface area contributed by atoms with Crippen molar-refractivity contribution < 1.29 is 4.79 Å².